The first-order chi connectivity index (χ1) is 13.2. The molecule has 2 N–H and O–H groups in total. The molecule has 0 aliphatic rings. The molecule has 2 rings (SSSR count). The van der Waals surface area contributed by atoms with Crippen LogP contribution in [-0.2, 0) is 14.3 Å². The molecule has 0 aliphatic heterocycles. The molecular formula is C18H23N5O5. The van der Waals surface area contributed by atoms with Crippen molar-refractivity contribution in [3.05, 3.63) is 36.0 Å². The topological polar surface area (TPSA) is 124 Å². The van der Waals surface area contributed by atoms with E-state index in [1.165, 1.54) is 4.68 Å². The molecule has 1 aromatic carbocycles. The van der Waals surface area contributed by atoms with Gasteiger partial charge in [-0.1, -0.05) is 23.4 Å². The molecule has 28 heavy (non-hydrogen) atoms. The number of hydrogen-bond acceptors (Lipinski definition) is 7. The lowest BCUT2D eigenvalue weighted by Crippen LogP contribution is -2.33. The van der Waals surface area contributed by atoms with Gasteiger partial charge in [-0.15, -0.1) is 5.10 Å². The van der Waals surface area contributed by atoms with Crippen LogP contribution in [0, 0.1) is 0 Å². The molecule has 0 spiro atoms. The van der Waals surface area contributed by atoms with Crippen LogP contribution in [0.2, 0.25) is 0 Å². The molecule has 0 radical (unpaired) electrons. The lowest BCUT2D eigenvalue weighted by Gasteiger charge is -2.19. The van der Waals surface area contributed by atoms with E-state index in [-0.39, 0.29) is 24.7 Å². The van der Waals surface area contributed by atoms with Crippen molar-refractivity contribution in [2.75, 3.05) is 18.5 Å². The fourth-order valence-corrected chi connectivity index (χ4v) is 2.17. The minimum Gasteiger partial charge on any atom is -0.465 e. The van der Waals surface area contributed by atoms with Crippen LogP contribution in [0.5, 0.6) is 0 Å². The Labute approximate surface area is 162 Å². The number of nitrogens with zero attached hydrogens (tertiary/aromatic N) is 3. The molecule has 0 unspecified atom stereocenters. The number of amides is 2. The van der Waals surface area contributed by atoms with Crippen LogP contribution in [-0.4, -0.2) is 51.7 Å². The number of carbonyl (C=O) groups excluding carboxylic acids is 3. The van der Waals surface area contributed by atoms with Gasteiger partial charge in [-0.25, -0.2) is 9.48 Å². The average Bonchev–Trinajstić information content (AvgIpc) is 3.02. The quantitative estimate of drug-likeness (QED) is 0.723. The van der Waals surface area contributed by atoms with Crippen LogP contribution in [0.4, 0.5) is 10.6 Å². The van der Waals surface area contributed by atoms with Crippen molar-refractivity contribution in [2.45, 2.75) is 33.3 Å². The Balaban J connectivity index is 2.30. The summed E-state index contributed by atoms with van der Waals surface area (Å²) in [6.45, 7) is 6.65. The van der Waals surface area contributed by atoms with E-state index >= 15 is 0 Å². The summed E-state index contributed by atoms with van der Waals surface area (Å²) in [7, 11) is 0. The van der Waals surface area contributed by atoms with Crippen molar-refractivity contribution in [2.24, 2.45) is 0 Å². The zero-order valence-corrected chi connectivity index (χ0v) is 16.2. The SMILES string of the molecule is CCOC(=O)CNC(=O)c1c(NC(=O)OC(C)(C)C)nnn1-c1ccccc1. The van der Waals surface area contributed by atoms with Crippen LogP contribution in [0.1, 0.15) is 38.2 Å². The molecule has 2 aromatic rings. The van der Waals surface area contributed by atoms with Crippen LogP contribution in [0.3, 0.4) is 0 Å². The van der Waals surface area contributed by atoms with E-state index in [0.29, 0.717) is 5.69 Å². The van der Waals surface area contributed by atoms with Crippen molar-refractivity contribution in [1.29, 1.82) is 0 Å². The lowest BCUT2D eigenvalue weighted by molar-refractivity contribution is -0.141. The molecular weight excluding hydrogens is 366 g/mol. The number of esters is 1. The summed E-state index contributed by atoms with van der Waals surface area (Å²) in [5.41, 5.74) is -0.235. The van der Waals surface area contributed by atoms with E-state index < -0.39 is 23.6 Å². The largest absolute Gasteiger partial charge is 0.465 e. The van der Waals surface area contributed by atoms with Gasteiger partial charge in [-0.3, -0.25) is 14.9 Å². The second-order valence-corrected chi connectivity index (χ2v) is 6.65. The number of ether oxygens (including phenoxy) is 2. The first-order valence-corrected chi connectivity index (χ1v) is 8.66. The van der Waals surface area contributed by atoms with Gasteiger partial charge in [0, 0.05) is 0 Å². The molecule has 0 atom stereocenters. The fraction of sp³-hybridized carbons (Fsp3) is 0.389. The predicted octanol–water partition coefficient (Wildman–Crippen LogP) is 1.91. The van der Waals surface area contributed by atoms with E-state index in [0.717, 1.165) is 0 Å². The highest BCUT2D eigenvalue weighted by molar-refractivity contribution is 6.01. The molecule has 10 heteroatoms. The van der Waals surface area contributed by atoms with Crippen LogP contribution in [0.15, 0.2) is 30.3 Å². The maximum atomic E-state index is 12.7. The summed E-state index contributed by atoms with van der Waals surface area (Å²) in [5.74, 6) is -1.34. The van der Waals surface area contributed by atoms with Gasteiger partial charge in [-0.2, -0.15) is 0 Å². The second-order valence-electron chi connectivity index (χ2n) is 6.65. The molecule has 0 saturated carbocycles. The number of anilines is 1. The average molecular weight is 389 g/mol. The Kier molecular flexibility index (Phi) is 6.69. The van der Waals surface area contributed by atoms with Gasteiger partial charge in [0.25, 0.3) is 5.91 Å². The summed E-state index contributed by atoms with van der Waals surface area (Å²) >= 11 is 0. The monoisotopic (exact) mass is 389 g/mol. The van der Waals surface area contributed by atoms with Crippen molar-refractivity contribution in [1.82, 2.24) is 20.3 Å². The van der Waals surface area contributed by atoms with Crippen molar-refractivity contribution in [3.63, 3.8) is 0 Å². The van der Waals surface area contributed by atoms with Crippen LogP contribution >= 0.6 is 0 Å². The Morgan fingerprint density at radius 3 is 2.43 bits per heavy atom. The number of para-hydroxylation sites is 1. The molecule has 150 valence electrons. The van der Waals surface area contributed by atoms with Gasteiger partial charge in [0.1, 0.15) is 12.1 Å². The summed E-state index contributed by atoms with van der Waals surface area (Å²) < 4.78 is 11.2. The normalized spacial score (nSPS) is 10.9. The summed E-state index contributed by atoms with van der Waals surface area (Å²) in [5, 5.41) is 12.7. The van der Waals surface area contributed by atoms with Crippen LogP contribution in [0.25, 0.3) is 5.69 Å². The Morgan fingerprint density at radius 1 is 1.14 bits per heavy atom. The van der Waals surface area contributed by atoms with Gasteiger partial charge in [0.05, 0.1) is 12.3 Å². The molecule has 0 aliphatic carbocycles. The van der Waals surface area contributed by atoms with Crippen LogP contribution < -0.4 is 10.6 Å². The summed E-state index contributed by atoms with van der Waals surface area (Å²) in [6, 6.07) is 8.76. The van der Waals surface area contributed by atoms with Crippen molar-refractivity contribution < 1.29 is 23.9 Å². The van der Waals surface area contributed by atoms with Gasteiger partial charge in [0.2, 0.25) is 0 Å². The van der Waals surface area contributed by atoms with Crippen molar-refractivity contribution >= 4 is 23.8 Å². The Morgan fingerprint density at radius 2 is 1.82 bits per heavy atom. The third-order valence-electron chi connectivity index (χ3n) is 3.20. The number of hydrogen-bond donors (Lipinski definition) is 2. The molecule has 2 amide bonds. The minimum absolute atomic E-state index is 0.0543. The fourth-order valence-electron chi connectivity index (χ4n) is 2.17. The van der Waals surface area contributed by atoms with Gasteiger partial charge in [-0.05, 0) is 39.8 Å². The third kappa shape index (κ3) is 5.79. The van der Waals surface area contributed by atoms with E-state index in [2.05, 4.69) is 20.9 Å². The number of carbonyl (C=O) groups is 3. The zero-order chi connectivity index (χ0) is 20.7. The predicted molar refractivity (Wildman–Crippen MR) is 100 cm³/mol. The first kappa shape index (κ1) is 20.9. The summed E-state index contributed by atoms with van der Waals surface area (Å²) in [4.78, 5) is 36.3. The molecule has 1 aromatic heterocycles. The van der Waals surface area contributed by atoms with E-state index in [1.807, 2.05) is 0 Å². The Bertz CT molecular complexity index is 842. The van der Waals surface area contributed by atoms with Crippen molar-refractivity contribution in [3.8, 4) is 5.69 Å². The number of nitrogens with one attached hydrogen (secondary N) is 2. The number of benzene rings is 1. The Hall–Kier alpha value is -3.43. The standard InChI is InChI=1S/C18H23N5O5/c1-5-27-13(24)11-19-16(25)14-15(20-17(26)28-18(2,3)4)21-22-23(14)12-9-7-6-8-10-12/h6-10H,5,11H2,1-4H3,(H,19,25)(H,20,26). The molecule has 0 fully saturated rings. The number of aromatic nitrogens is 3. The minimum atomic E-state index is -0.785. The number of rotatable bonds is 6. The maximum Gasteiger partial charge on any atom is 0.413 e. The van der Waals surface area contributed by atoms with Gasteiger partial charge in [0.15, 0.2) is 11.5 Å². The zero-order valence-electron chi connectivity index (χ0n) is 16.2. The van der Waals surface area contributed by atoms with E-state index in [4.69, 9.17) is 9.47 Å². The van der Waals surface area contributed by atoms with Gasteiger partial charge >= 0.3 is 12.1 Å². The molecule has 10 nitrogen and oxygen atoms in total. The molecule has 0 bridgehead atoms. The maximum absolute atomic E-state index is 12.7. The third-order valence-corrected chi connectivity index (χ3v) is 3.20. The van der Waals surface area contributed by atoms with E-state index in [9.17, 15) is 14.4 Å². The lowest BCUT2D eigenvalue weighted by atomic mass is 10.2. The summed E-state index contributed by atoms with van der Waals surface area (Å²) in [6.07, 6.45) is -0.785. The molecule has 1 heterocycles. The first-order valence-electron chi connectivity index (χ1n) is 8.66. The smallest absolute Gasteiger partial charge is 0.413 e. The highest BCUT2D eigenvalue weighted by Gasteiger charge is 2.25. The highest BCUT2D eigenvalue weighted by Crippen LogP contribution is 2.18. The highest BCUT2D eigenvalue weighted by atomic mass is 16.6. The second kappa shape index (κ2) is 8.98. The molecule has 0 saturated heterocycles. The van der Waals surface area contributed by atoms with E-state index in [1.54, 1.807) is 58.0 Å². The van der Waals surface area contributed by atoms with Gasteiger partial charge < -0.3 is 14.8 Å².